The van der Waals surface area contributed by atoms with Crippen molar-refractivity contribution in [2.75, 3.05) is 139 Å². The molecule has 139 heavy (non-hydrogen) atoms. The van der Waals surface area contributed by atoms with Crippen molar-refractivity contribution in [3.05, 3.63) is 0 Å². The molecule has 0 unspecified atom stereocenters. The van der Waals surface area contributed by atoms with Crippen LogP contribution in [0, 0.1) is 118 Å². The standard InChI is InChI=1S/C14H28O2.C13H26O2.C12H24O3.2C12H24O2.2C11H22O3.C11H22O2.C11H22O.C10H20O2/c1-12(2)8-6-5-7-10-16-11-9-14(15)13(3)4;1-11(2)8-6-5-7-9-15-10-13(14)12(3)4;1-10(2)5-6-14-7-8-15-9-12(13)11(3)4;1-10(2)7-5-6-8-14-9-12(13)11(3)4;1-10(2)8-6-5-7-9-14-12(13)11(3)4;2*1-9(2)5-6-13-7-8-14-11(12)10(3)4;1-9(2)5-7-13-8-6-11(12)10(3)4;1-9(2)7-5-6-8-11(12)10(3)4;1-8(2)5-6-12-7-10(11)9(3)4/h12-13H,5-11H2,1-4H3;11-12H,5-10H2,1-4H3;10-11H,5-9H2,1-4H3;2*10-11H,5-9H2,1-4H3;2*9-10H,5-8H2,1-4H3;9-10H,5-8H2,1-4H3;9-10H,5-8H2,1-4H3;8-9H,5-7H2,1-4H3. The lowest BCUT2D eigenvalue weighted by Crippen LogP contribution is -2.17. The highest BCUT2D eigenvalue weighted by Gasteiger charge is 2.16. The molecule has 0 radical (unpaired) electrons. The van der Waals surface area contributed by atoms with Gasteiger partial charge in [0.2, 0.25) is 0 Å². The topological polar surface area (TPSA) is 281 Å². The van der Waals surface area contributed by atoms with Gasteiger partial charge in [-0.25, -0.2) is 0 Å². The molecule has 0 aromatic heterocycles. The third kappa shape index (κ3) is 149. The van der Waals surface area contributed by atoms with E-state index in [2.05, 4.69) is 138 Å². The second-order valence-corrected chi connectivity index (χ2v) is 44.3. The lowest BCUT2D eigenvalue weighted by Gasteiger charge is -2.08. The lowest BCUT2D eigenvalue weighted by molar-refractivity contribution is -0.149. The minimum absolute atomic E-state index is 0.00524. The molecule has 0 aliphatic rings. The molecule has 0 atom stereocenters. The van der Waals surface area contributed by atoms with E-state index in [4.69, 9.17) is 56.8 Å². The van der Waals surface area contributed by atoms with Crippen LogP contribution in [0.15, 0.2) is 0 Å². The maximum Gasteiger partial charge on any atom is 0.308 e. The maximum atomic E-state index is 11.3. The first-order valence-electron chi connectivity index (χ1n) is 55.3. The molecule has 0 spiro atoms. The monoisotopic (exact) mass is 1990 g/mol. The van der Waals surface area contributed by atoms with Crippen LogP contribution in [-0.4, -0.2) is 197 Å². The number of ketones is 7. The molecule has 22 heteroatoms. The van der Waals surface area contributed by atoms with E-state index >= 15 is 0 Å². The van der Waals surface area contributed by atoms with Crippen molar-refractivity contribution >= 4 is 58.4 Å². The van der Waals surface area contributed by atoms with Crippen LogP contribution in [0.4, 0.5) is 0 Å². The van der Waals surface area contributed by atoms with Crippen molar-refractivity contribution in [3.63, 3.8) is 0 Å². The molecule has 0 aromatic carbocycles. The zero-order valence-electron chi connectivity index (χ0n) is 98.8. The number of ether oxygens (including phenoxy) is 12. The Bertz CT molecular complexity index is 2470. The molecule has 0 bridgehead atoms. The summed E-state index contributed by atoms with van der Waals surface area (Å²) in [5.74, 6) is 9.45. The Morgan fingerprint density at radius 1 is 0.137 bits per heavy atom. The molecular formula is C117H234O22. The van der Waals surface area contributed by atoms with Crippen molar-refractivity contribution in [3.8, 4) is 0 Å². The molecule has 0 saturated carbocycles. The number of carbonyl (C=O) groups excluding carboxylic acids is 10. The summed E-state index contributed by atoms with van der Waals surface area (Å²) in [4.78, 5) is 111. The van der Waals surface area contributed by atoms with Crippen LogP contribution >= 0.6 is 0 Å². The Morgan fingerprint density at radius 2 is 0.309 bits per heavy atom. The van der Waals surface area contributed by atoms with Crippen molar-refractivity contribution < 1.29 is 105 Å². The summed E-state index contributed by atoms with van der Waals surface area (Å²) in [7, 11) is 0. The van der Waals surface area contributed by atoms with Gasteiger partial charge in [-0.3, -0.25) is 47.9 Å². The summed E-state index contributed by atoms with van der Waals surface area (Å²) in [6.45, 7) is 93.6. The van der Waals surface area contributed by atoms with Gasteiger partial charge in [-0.15, -0.1) is 0 Å². The molecule has 0 N–H and O–H groups in total. The fraction of sp³-hybridized carbons (Fsp3) is 0.915. The average Bonchev–Trinajstić information content (AvgIpc) is 1.04. The van der Waals surface area contributed by atoms with Crippen LogP contribution in [-0.2, 0) is 105 Å². The molecule has 22 nitrogen and oxygen atoms in total. The van der Waals surface area contributed by atoms with Gasteiger partial charge < -0.3 is 56.8 Å². The first kappa shape index (κ1) is 155. The van der Waals surface area contributed by atoms with Crippen molar-refractivity contribution in [1.29, 1.82) is 0 Å². The maximum absolute atomic E-state index is 11.3. The molecule has 0 aromatic rings. The number of carbonyl (C=O) groups is 10. The van der Waals surface area contributed by atoms with Crippen LogP contribution in [0.5, 0.6) is 0 Å². The Hall–Kier alpha value is -4.26. The fourth-order valence-electron chi connectivity index (χ4n) is 10.2. The van der Waals surface area contributed by atoms with E-state index in [0.29, 0.717) is 139 Å². The third-order valence-corrected chi connectivity index (χ3v) is 21.0. The van der Waals surface area contributed by atoms with Crippen molar-refractivity contribution in [1.82, 2.24) is 0 Å². The van der Waals surface area contributed by atoms with Crippen LogP contribution in [0.1, 0.15) is 444 Å². The molecule has 0 fully saturated rings. The number of hydrogen-bond acceptors (Lipinski definition) is 22. The Morgan fingerprint density at radius 3 is 0.561 bits per heavy atom. The minimum atomic E-state index is -0.155. The van der Waals surface area contributed by atoms with E-state index in [-0.39, 0.29) is 113 Å². The molecule has 0 aliphatic carbocycles. The highest BCUT2D eigenvalue weighted by atomic mass is 16.6. The van der Waals surface area contributed by atoms with Gasteiger partial charge in [-0.2, -0.15) is 0 Å². The molecule has 834 valence electrons. The third-order valence-electron chi connectivity index (χ3n) is 21.0. The second-order valence-electron chi connectivity index (χ2n) is 44.3. The Kier molecular flexibility index (Phi) is 125. The van der Waals surface area contributed by atoms with Crippen molar-refractivity contribution in [2.45, 2.75) is 444 Å². The molecular weight excluding hydrogens is 1760 g/mol. The summed E-state index contributed by atoms with van der Waals surface area (Å²) in [6, 6.07) is 0. The second kappa shape index (κ2) is 112. The summed E-state index contributed by atoms with van der Waals surface area (Å²) >= 11 is 0. The van der Waals surface area contributed by atoms with Crippen LogP contribution < -0.4 is 0 Å². The van der Waals surface area contributed by atoms with E-state index in [1.165, 1.54) is 83.5 Å². The van der Waals surface area contributed by atoms with Gasteiger partial charge in [0.15, 0.2) is 23.1 Å². The van der Waals surface area contributed by atoms with E-state index in [1.807, 2.05) is 138 Å². The summed E-state index contributed by atoms with van der Waals surface area (Å²) in [6.07, 6.45) is 28.8. The Balaban J connectivity index is -0.000000166. The predicted molar refractivity (Wildman–Crippen MR) is 582 cm³/mol. The first-order valence-corrected chi connectivity index (χ1v) is 55.3. The van der Waals surface area contributed by atoms with Gasteiger partial charge in [0.25, 0.3) is 0 Å². The minimum Gasteiger partial charge on any atom is -0.465 e. The molecule has 0 amide bonds. The van der Waals surface area contributed by atoms with Gasteiger partial charge in [0, 0.05) is 114 Å². The number of rotatable bonds is 76. The number of esters is 3. The lowest BCUT2D eigenvalue weighted by atomic mass is 10.0. The van der Waals surface area contributed by atoms with Crippen LogP contribution in [0.3, 0.4) is 0 Å². The average molecular weight is 1990 g/mol. The quantitative estimate of drug-likeness (QED) is 0.0311. The summed E-state index contributed by atoms with van der Waals surface area (Å²) < 4.78 is 62.7. The van der Waals surface area contributed by atoms with Gasteiger partial charge in [-0.05, 0) is 123 Å². The van der Waals surface area contributed by atoms with Gasteiger partial charge in [0.1, 0.15) is 57.0 Å². The molecule has 0 heterocycles. The fourth-order valence-corrected chi connectivity index (χ4v) is 10.2. The highest BCUT2D eigenvalue weighted by molar-refractivity contribution is 5.83. The normalized spacial score (nSPS) is 11.2. The SMILES string of the molecule is CC(C)CCCCC(=O)C(C)C.CC(C)CCCCCOC(=O)C(C)C.CC(C)CCCCCOCC(=O)C(C)C.CC(C)CCCCCOCCC(=O)C(C)C.CC(C)CCCCOCC(=O)C(C)C.CC(C)CCOCC(=O)C(C)C.CC(C)CCOCCC(=O)C(C)C.CC(C)CCOCCOC(=O)C(C)C.CC(C)CCOCCOC(=O)C(C)C.CC(C)CCOCCOCC(=O)C(C)C. The zero-order valence-corrected chi connectivity index (χ0v) is 98.8. The first-order chi connectivity index (χ1) is 64.9. The van der Waals surface area contributed by atoms with E-state index < -0.39 is 0 Å². The molecule has 0 rings (SSSR count). The van der Waals surface area contributed by atoms with Gasteiger partial charge >= 0.3 is 17.9 Å². The van der Waals surface area contributed by atoms with Gasteiger partial charge in [-0.1, -0.05) is 360 Å². The predicted octanol–water partition coefficient (Wildman–Crippen LogP) is 28.9. The van der Waals surface area contributed by atoms with E-state index in [0.717, 1.165) is 146 Å². The van der Waals surface area contributed by atoms with Crippen LogP contribution in [0.25, 0.3) is 0 Å². The largest absolute Gasteiger partial charge is 0.465 e. The number of unbranched alkanes of at least 4 members (excludes halogenated alkanes) is 8. The van der Waals surface area contributed by atoms with E-state index in [1.54, 1.807) is 0 Å². The van der Waals surface area contributed by atoms with Gasteiger partial charge in [0.05, 0.1) is 64.0 Å². The number of hydrogen-bond donors (Lipinski definition) is 0. The Labute approximate surface area is 859 Å². The van der Waals surface area contributed by atoms with Crippen molar-refractivity contribution in [2.24, 2.45) is 118 Å². The van der Waals surface area contributed by atoms with E-state index in [9.17, 15) is 47.9 Å². The summed E-state index contributed by atoms with van der Waals surface area (Å²) in [5, 5.41) is 0. The summed E-state index contributed by atoms with van der Waals surface area (Å²) in [5.41, 5.74) is 0. The smallest absolute Gasteiger partial charge is 0.308 e. The van der Waals surface area contributed by atoms with Crippen LogP contribution in [0.2, 0.25) is 0 Å². The number of Topliss-reactive ketones (excluding diaryl/α,β-unsaturated/α-hetero) is 7. The highest BCUT2D eigenvalue weighted by Crippen LogP contribution is 2.16. The zero-order chi connectivity index (χ0) is 109. The molecule has 0 saturated heterocycles. The molecule has 0 aliphatic heterocycles.